The largest absolute Gasteiger partial charge is 0.507 e. The number of rotatable bonds is 7. The van der Waals surface area contributed by atoms with E-state index in [-0.39, 0.29) is 16.8 Å². The predicted molar refractivity (Wildman–Crippen MR) is 131 cm³/mol. The molecule has 3 aromatic carbocycles. The number of nitrogens with zero attached hydrogens (tertiary/aromatic N) is 1. The van der Waals surface area contributed by atoms with Crippen LogP contribution in [-0.2, 0) is 15.8 Å². The monoisotopic (exact) mass is 511 g/mol. The van der Waals surface area contributed by atoms with Crippen molar-refractivity contribution in [2.45, 2.75) is 25.6 Å². The number of benzene rings is 3. The van der Waals surface area contributed by atoms with Gasteiger partial charge in [-0.1, -0.05) is 19.1 Å². The van der Waals surface area contributed by atoms with Crippen molar-refractivity contribution in [2.75, 3.05) is 18.6 Å². The van der Waals surface area contributed by atoms with Gasteiger partial charge in [0.1, 0.15) is 17.3 Å². The van der Waals surface area contributed by atoms with E-state index in [0.717, 1.165) is 35.6 Å². The maximum absolute atomic E-state index is 13.2. The smallest absolute Gasteiger partial charge is 0.416 e. The average Bonchev–Trinajstić information content (AvgIpc) is 3.17. The molecule has 1 unspecified atom stereocenters. The number of amides is 1. The van der Waals surface area contributed by atoms with Crippen molar-refractivity contribution in [3.05, 3.63) is 95.1 Å². The van der Waals surface area contributed by atoms with Crippen molar-refractivity contribution >= 4 is 23.1 Å². The highest BCUT2D eigenvalue weighted by Crippen LogP contribution is 2.43. The van der Waals surface area contributed by atoms with Crippen LogP contribution < -0.4 is 14.4 Å². The maximum Gasteiger partial charge on any atom is 0.416 e. The Morgan fingerprint density at radius 1 is 0.973 bits per heavy atom. The normalized spacial score (nSPS) is 17.2. The average molecular weight is 511 g/mol. The summed E-state index contributed by atoms with van der Waals surface area (Å²) >= 11 is 0. The summed E-state index contributed by atoms with van der Waals surface area (Å²) in [5, 5.41) is 11.2. The molecule has 1 N–H and O–H groups in total. The van der Waals surface area contributed by atoms with Gasteiger partial charge in [0.05, 0.1) is 30.9 Å². The third-order valence-corrected chi connectivity index (χ3v) is 5.93. The number of carbonyl (C=O) groups is 2. The van der Waals surface area contributed by atoms with Gasteiger partial charge in [0.15, 0.2) is 0 Å². The van der Waals surface area contributed by atoms with E-state index in [4.69, 9.17) is 9.47 Å². The lowest BCUT2D eigenvalue weighted by molar-refractivity contribution is -0.137. The first-order chi connectivity index (χ1) is 17.7. The molecule has 1 amide bonds. The SMILES string of the molecule is CCCOc1ccc(/C(O)=C2\C(=O)C(=O)N(c3ccc(C(F)(F)F)cc3)C2c2cccc(OC)c2)cc1. The Balaban J connectivity index is 1.85. The van der Waals surface area contributed by atoms with E-state index in [2.05, 4.69) is 0 Å². The van der Waals surface area contributed by atoms with Gasteiger partial charge in [-0.15, -0.1) is 0 Å². The Bertz CT molecular complexity index is 1330. The summed E-state index contributed by atoms with van der Waals surface area (Å²) in [5.41, 5.74) is -0.299. The first kappa shape index (κ1) is 25.8. The summed E-state index contributed by atoms with van der Waals surface area (Å²) in [6, 6.07) is 15.8. The van der Waals surface area contributed by atoms with Gasteiger partial charge in [-0.25, -0.2) is 0 Å². The third kappa shape index (κ3) is 5.16. The summed E-state index contributed by atoms with van der Waals surface area (Å²) in [6.45, 7) is 2.48. The van der Waals surface area contributed by atoms with Crippen LogP contribution in [0, 0.1) is 0 Å². The molecule has 0 aliphatic carbocycles. The van der Waals surface area contributed by atoms with E-state index in [0.29, 0.717) is 23.7 Å². The Morgan fingerprint density at radius 3 is 2.24 bits per heavy atom. The molecule has 1 atom stereocenters. The molecule has 0 aromatic heterocycles. The molecular weight excluding hydrogens is 487 g/mol. The Kier molecular flexibility index (Phi) is 7.24. The van der Waals surface area contributed by atoms with E-state index in [1.54, 1.807) is 48.5 Å². The highest BCUT2D eigenvalue weighted by Gasteiger charge is 2.47. The zero-order valence-electron chi connectivity index (χ0n) is 20.1. The summed E-state index contributed by atoms with van der Waals surface area (Å²) in [4.78, 5) is 27.5. The number of anilines is 1. The fraction of sp³-hybridized carbons (Fsp3) is 0.214. The minimum Gasteiger partial charge on any atom is -0.507 e. The van der Waals surface area contributed by atoms with E-state index >= 15 is 0 Å². The molecule has 3 aromatic rings. The van der Waals surface area contributed by atoms with Crippen LogP contribution in [0.1, 0.15) is 36.1 Å². The number of hydrogen-bond acceptors (Lipinski definition) is 5. The fourth-order valence-corrected chi connectivity index (χ4v) is 4.12. The van der Waals surface area contributed by atoms with Crippen LogP contribution in [0.3, 0.4) is 0 Å². The van der Waals surface area contributed by atoms with E-state index in [9.17, 15) is 27.9 Å². The zero-order valence-corrected chi connectivity index (χ0v) is 20.1. The second kappa shape index (κ2) is 10.4. The molecule has 4 rings (SSSR count). The Hall–Kier alpha value is -4.27. The molecule has 37 heavy (non-hydrogen) atoms. The number of halogens is 3. The number of aliphatic hydroxyl groups excluding tert-OH is 1. The molecule has 9 heteroatoms. The first-order valence-corrected chi connectivity index (χ1v) is 11.5. The van der Waals surface area contributed by atoms with Crippen LogP contribution in [0.5, 0.6) is 11.5 Å². The van der Waals surface area contributed by atoms with Gasteiger partial charge in [-0.2, -0.15) is 13.2 Å². The molecule has 0 saturated carbocycles. The second-order valence-electron chi connectivity index (χ2n) is 8.36. The van der Waals surface area contributed by atoms with Crippen molar-refractivity contribution in [1.29, 1.82) is 0 Å². The Morgan fingerprint density at radius 2 is 1.65 bits per heavy atom. The van der Waals surface area contributed by atoms with Crippen LogP contribution in [0.15, 0.2) is 78.4 Å². The number of ether oxygens (including phenoxy) is 2. The molecule has 0 radical (unpaired) electrons. The lowest BCUT2D eigenvalue weighted by atomic mass is 9.95. The zero-order chi connectivity index (χ0) is 26.7. The topological polar surface area (TPSA) is 76.1 Å². The predicted octanol–water partition coefficient (Wildman–Crippen LogP) is 6.13. The van der Waals surface area contributed by atoms with Crippen molar-refractivity contribution < 1.29 is 37.3 Å². The van der Waals surface area contributed by atoms with Crippen molar-refractivity contribution in [3.8, 4) is 11.5 Å². The van der Waals surface area contributed by atoms with E-state index in [1.165, 1.54) is 7.11 Å². The number of aliphatic hydroxyl groups is 1. The highest BCUT2D eigenvalue weighted by molar-refractivity contribution is 6.51. The second-order valence-corrected chi connectivity index (χ2v) is 8.36. The number of Topliss-reactive ketones (excluding diaryl/α,β-unsaturated/α-hetero) is 1. The number of alkyl halides is 3. The lowest BCUT2D eigenvalue weighted by Crippen LogP contribution is -2.29. The minimum atomic E-state index is -4.56. The molecule has 1 saturated heterocycles. The van der Waals surface area contributed by atoms with Gasteiger partial charge in [0, 0.05) is 11.3 Å². The molecule has 1 aliphatic rings. The van der Waals surface area contributed by atoms with Gasteiger partial charge < -0.3 is 14.6 Å². The van der Waals surface area contributed by atoms with Crippen LogP contribution in [-0.4, -0.2) is 30.5 Å². The van der Waals surface area contributed by atoms with Gasteiger partial charge in [-0.05, 0) is 72.6 Å². The molecule has 6 nitrogen and oxygen atoms in total. The summed E-state index contributed by atoms with van der Waals surface area (Å²) in [5.74, 6) is -1.34. The van der Waals surface area contributed by atoms with Crippen LogP contribution in [0.25, 0.3) is 5.76 Å². The van der Waals surface area contributed by atoms with Gasteiger partial charge in [-0.3, -0.25) is 14.5 Å². The van der Waals surface area contributed by atoms with Crippen LogP contribution in [0.2, 0.25) is 0 Å². The van der Waals surface area contributed by atoms with E-state index < -0.39 is 35.2 Å². The van der Waals surface area contributed by atoms with Crippen molar-refractivity contribution in [3.63, 3.8) is 0 Å². The van der Waals surface area contributed by atoms with Gasteiger partial charge in [0.25, 0.3) is 11.7 Å². The van der Waals surface area contributed by atoms with Crippen molar-refractivity contribution in [1.82, 2.24) is 0 Å². The molecule has 1 heterocycles. The molecule has 0 spiro atoms. The molecule has 1 aliphatic heterocycles. The first-order valence-electron chi connectivity index (χ1n) is 11.5. The van der Waals surface area contributed by atoms with Gasteiger partial charge >= 0.3 is 6.18 Å². The number of methoxy groups -OCH3 is 1. The standard InChI is InChI=1S/C28H24F3NO5/c1-3-15-37-21-13-7-17(8-14-21)25(33)23-24(18-5-4-6-22(16-18)36-2)32(27(35)26(23)34)20-11-9-19(10-12-20)28(29,30)31/h4-14,16,24,33H,3,15H2,1-2H3/b25-23+. The molecule has 0 bridgehead atoms. The third-order valence-electron chi connectivity index (χ3n) is 5.93. The Labute approximate surface area is 211 Å². The number of ketones is 1. The maximum atomic E-state index is 13.2. The number of carbonyl (C=O) groups excluding carboxylic acids is 2. The lowest BCUT2D eigenvalue weighted by Gasteiger charge is -2.26. The van der Waals surface area contributed by atoms with Crippen LogP contribution >= 0.6 is 0 Å². The van der Waals surface area contributed by atoms with E-state index in [1.807, 2.05) is 6.92 Å². The van der Waals surface area contributed by atoms with Gasteiger partial charge in [0.2, 0.25) is 0 Å². The summed E-state index contributed by atoms with van der Waals surface area (Å²) in [7, 11) is 1.45. The number of hydrogen-bond donors (Lipinski definition) is 1. The molecule has 192 valence electrons. The van der Waals surface area contributed by atoms with Crippen LogP contribution in [0.4, 0.5) is 18.9 Å². The highest BCUT2D eigenvalue weighted by atomic mass is 19.4. The minimum absolute atomic E-state index is 0.0743. The summed E-state index contributed by atoms with van der Waals surface area (Å²) in [6.07, 6.45) is -3.75. The fourth-order valence-electron chi connectivity index (χ4n) is 4.12. The summed E-state index contributed by atoms with van der Waals surface area (Å²) < 4.78 is 50.2. The molecular formula is C28H24F3NO5. The van der Waals surface area contributed by atoms with Crippen molar-refractivity contribution in [2.24, 2.45) is 0 Å². The quantitative estimate of drug-likeness (QED) is 0.235. The molecule has 1 fully saturated rings.